The number of nitrogens with one attached hydrogen (secondary N) is 2. The molecule has 1 aliphatic rings. The molecule has 1 unspecified atom stereocenters. The molecule has 1 aromatic rings. The number of carbonyl (C=O) groups excluding carboxylic acids is 3. The van der Waals surface area contributed by atoms with E-state index in [0.29, 0.717) is 19.3 Å². The summed E-state index contributed by atoms with van der Waals surface area (Å²) in [5.74, 6) is -0.765. The van der Waals surface area contributed by atoms with E-state index in [0.717, 1.165) is 5.56 Å². The van der Waals surface area contributed by atoms with Gasteiger partial charge in [0.2, 0.25) is 5.91 Å². The lowest BCUT2D eigenvalue weighted by atomic mass is 9.85. The van der Waals surface area contributed by atoms with Gasteiger partial charge in [-0.2, -0.15) is 0 Å². The van der Waals surface area contributed by atoms with Crippen LogP contribution in [-0.2, 0) is 20.9 Å². The number of benzene rings is 1. The van der Waals surface area contributed by atoms with Crippen LogP contribution in [0.3, 0.4) is 0 Å². The summed E-state index contributed by atoms with van der Waals surface area (Å²) in [6.07, 6.45) is 1.03. The largest absolute Gasteiger partial charge is 0.445 e. The smallest absolute Gasteiger partial charge is 0.408 e. The predicted molar refractivity (Wildman–Crippen MR) is 79.8 cm³/mol. The minimum atomic E-state index is -1.06. The van der Waals surface area contributed by atoms with Crippen LogP contribution in [0.5, 0.6) is 0 Å². The van der Waals surface area contributed by atoms with Crippen LogP contribution in [0, 0.1) is 0 Å². The van der Waals surface area contributed by atoms with Crippen LogP contribution in [0.15, 0.2) is 30.3 Å². The highest BCUT2D eigenvalue weighted by atomic mass is 16.5. The van der Waals surface area contributed by atoms with Crippen molar-refractivity contribution in [2.24, 2.45) is 0 Å². The first-order valence-corrected chi connectivity index (χ1v) is 7.39. The monoisotopic (exact) mass is 304 g/mol. The molecule has 6 heteroatoms. The van der Waals surface area contributed by atoms with Crippen LogP contribution in [0.2, 0.25) is 0 Å². The summed E-state index contributed by atoms with van der Waals surface area (Å²) in [5, 5.41) is 4.93. The highest BCUT2D eigenvalue weighted by molar-refractivity contribution is 6.03. The molecule has 22 heavy (non-hydrogen) atoms. The van der Waals surface area contributed by atoms with E-state index in [4.69, 9.17) is 4.74 Å². The maximum atomic E-state index is 12.1. The SMILES string of the molecule is CCCC1(NC(=O)OCc2ccccc2)CCC(=O)NC1=O. The van der Waals surface area contributed by atoms with Gasteiger partial charge in [0.15, 0.2) is 0 Å². The van der Waals surface area contributed by atoms with E-state index >= 15 is 0 Å². The summed E-state index contributed by atoms with van der Waals surface area (Å²) < 4.78 is 5.16. The molecular formula is C16H20N2O4. The van der Waals surface area contributed by atoms with Gasteiger partial charge in [-0.3, -0.25) is 14.9 Å². The first-order valence-electron chi connectivity index (χ1n) is 7.39. The Hall–Kier alpha value is -2.37. The lowest BCUT2D eigenvalue weighted by Crippen LogP contribution is -2.62. The lowest BCUT2D eigenvalue weighted by Gasteiger charge is -2.35. The van der Waals surface area contributed by atoms with Crippen molar-refractivity contribution >= 4 is 17.9 Å². The Morgan fingerprint density at radius 1 is 1.32 bits per heavy atom. The zero-order valence-electron chi connectivity index (χ0n) is 12.6. The van der Waals surface area contributed by atoms with Gasteiger partial charge in [-0.1, -0.05) is 43.7 Å². The van der Waals surface area contributed by atoms with Gasteiger partial charge in [0.1, 0.15) is 12.1 Å². The van der Waals surface area contributed by atoms with Crippen molar-refractivity contribution in [1.29, 1.82) is 0 Å². The molecule has 2 N–H and O–H groups in total. The Balaban J connectivity index is 1.97. The Bertz CT molecular complexity index is 559. The molecule has 1 heterocycles. The highest BCUT2D eigenvalue weighted by Crippen LogP contribution is 2.24. The number of amides is 3. The molecule has 0 spiro atoms. The molecular weight excluding hydrogens is 284 g/mol. The van der Waals surface area contributed by atoms with Crippen LogP contribution < -0.4 is 10.6 Å². The normalized spacial score (nSPS) is 21.1. The maximum Gasteiger partial charge on any atom is 0.408 e. The quantitative estimate of drug-likeness (QED) is 0.814. The standard InChI is InChI=1S/C16H20N2O4/c1-2-9-16(10-8-13(19)17-14(16)20)18-15(21)22-11-12-6-4-3-5-7-12/h3-7H,2,8-11H2,1H3,(H,18,21)(H,17,19,20). The molecule has 1 atom stereocenters. The fourth-order valence-electron chi connectivity index (χ4n) is 2.55. The third-order valence-corrected chi connectivity index (χ3v) is 3.70. The molecule has 118 valence electrons. The number of ether oxygens (including phenoxy) is 1. The lowest BCUT2D eigenvalue weighted by molar-refractivity contribution is -0.138. The fourth-order valence-corrected chi connectivity index (χ4v) is 2.55. The molecule has 6 nitrogen and oxygen atoms in total. The molecule has 0 radical (unpaired) electrons. The van der Waals surface area contributed by atoms with Gasteiger partial charge in [-0.15, -0.1) is 0 Å². The molecule has 0 aliphatic carbocycles. The van der Waals surface area contributed by atoms with Crippen molar-refractivity contribution in [3.05, 3.63) is 35.9 Å². The molecule has 0 aromatic heterocycles. The zero-order chi connectivity index (χ0) is 16.0. The average Bonchev–Trinajstić information content (AvgIpc) is 2.51. The van der Waals surface area contributed by atoms with Crippen molar-refractivity contribution < 1.29 is 19.1 Å². The van der Waals surface area contributed by atoms with Gasteiger partial charge in [0, 0.05) is 6.42 Å². The van der Waals surface area contributed by atoms with Gasteiger partial charge in [-0.05, 0) is 18.4 Å². The fraction of sp³-hybridized carbons (Fsp3) is 0.438. The third-order valence-electron chi connectivity index (χ3n) is 3.70. The number of alkyl carbamates (subject to hydrolysis) is 1. The van der Waals surface area contributed by atoms with Gasteiger partial charge in [-0.25, -0.2) is 4.79 Å². The van der Waals surface area contributed by atoms with E-state index in [9.17, 15) is 14.4 Å². The number of hydrogen-bond acceptors (Lipinski definition) is 4. The summed E-state index contributed by atoms with van der Waals surface area (Å²) in [5.41, 5.74) is -0.193. The number of hydrogen-bond donors (Lipinski definition) is 2. The Kier molecular flexibility index (Phi) is 5.14. The second kappa shape index (κ2) is 7.06. The predicted octanol–water partition coefficient (Wildman–Crippen LogP) is 1.89. The molecule has 1 aromatic carbocycles. The molecule has 3 amide bonds. The summed E-state index contributed by atoms with van der Waals surface area (Å²) in [7, 11) is 0. The summed E-state index contributed by atoms with van der Waals surface area (Å²) in [6.45, 7) is 2.05. The van der Waals surface area contributed by atoms with Crippen molar-refractivity contribution in [2.45, 2.75) is 44.8 Å². The van der Waals surface area contributed by atoms with Crippen molar-refractivity contribution in [3.63, 3.8) is 0 Å². The van der Waals surface area contributed by atoms with Crippen LogP contribution >= 0.6 is 0 Å². The Morgan fingerprint density at radius 2 is 2.05 bits per heavy atom. The van der Waals surface area contributed by atoms with E-state index in [1.807, 2.05) is 37.3 Å². The van der Waals surface area contributed by atoms with Crippen LogP contribution in [0.25, 0.3) is 0 Å². The number of piperidine rings is 1. The van der Waals surface area contributed by atoms with Gasteiger partial charge in [0.05, 0.1) is 0 Å². The second-order valence-electron chi connectivity index (χ2n) is 5.40. The maximum absolute atomic E-state index is 12.1. The van der Waals surface area contributed by atoms with Crippen LogP contribution in [-0.4, -0.2) is 23.4 Å². The minimum absolute atomic E-state index is 0.134. The number of imide groups is 1. The van der Waals surface area contributed by atoms with Crippen molar-refractivity contribution in [3.8, 4) is 0 Å². The highest BCUT2D eigenvalue weighted by Gasteiger charge is 2.43. The molecule has 2 rings (SSSR count). The molecule has 0 bridgehead atoms. The van der Waals surface area contributed by atoms with E-state index in [-0.39, 0.29) is 18.9 Å². The topological polar surface area (TPSA) is 84.5 Å². The van der Waals surface area contributed by atoms with Crippen LogP contribution in [0.4, 0.5) is 4.79 Å². The Morgan fingerprint density at radius 3 is 2.68 bits per heavy atom. The summed E-state index contributed by atoms with van der Waals surface area (Å²) in [4.78, 5) is 35.4. The summed E-state index contributed by atoms with van der Waals surface area (Å²) >= 11 is 0. The first kappa shape index (κ1) is 16.0. The van der Waals surface area contributed by atoms with Gasteiger partial charge in [0.25, 0.3) is 5.91 Å². The summed E-state index contributed by atoms with van der Waals surface area (Å²) in [6, 6.07) is 9.29. The zero-order valence-corrected chi connectivity index (χ0v) is 12.6. The van der Waals surface area contributed by atoms with E-state index in [2.05, 4.69) is 10.6 Å². The van der Waals surface area contributed by atoms with Crippen molar-refractivity contribution in [2.75, 3.05) is 0 Å². The first-order chi connectivity index (χ1) is 10.6. The third kappa shape index (κ3) is 3.84. The van der Waals surface area contributed by atoms with Crippen molar-refractivity contribution in [1.82, 2.24) is 10.6 Å². The average molecular weight is 304 g/mol. The molecule has 1 saturated heterocycles. The van der Waals surface area contributed by atoms with E-state index in [1.54, 1.807) is 0 Å². The van der Waals surface area contributed by atoms with Gasteiger partial charge >= 0.3 is 6.09 Å². The van der Waals surface area contributed by atoms with Gasteiger partial charge < -0.3 is 10.1 Å². The Labute approximate surface area is 129 Å². The second-order valence-corrected chi connectivity index (χ2v) is 5.40. The molecule has 0 saturated carbocycles. The molecule has 1 fully saturated rings. The minimum Gasteiger partial charge on any atom is -0.445 e. The van der Waals surface area contributed by atoms with E-state index in [1.165, 1.54) is 0 Å². The number of rotatable bonds is 5. The molecule has 1 aliphatic heterocycles. The van der Waals surface area contributed by atoms with Crippen LogP contribution in [0.1, 0.15) is 38.2 Å². The van der Waals surface area contributed by atoms with E-state index < -0.39 is 17.5 Å². The number of carbonyl (C=O) groups is 3.